The van der Waals surface area contributed by atoms with Gasteiger partial charge in [0.25, 0.3) is 5.97 Å². The molecule has 0 unspecified atom stereocenters. The van der Waals surface area contributed by atoms with Crippen LogP contribution in [0.4, 0.5) is 0 Å². The Morgan fingerprint density at radius 3 is 1.20 bits per heavy atom. The van der Waals surface area contributed by atoms with Gasteiger partial charge in [0.05, 0.1) is 0 Å². The van der Waals surface area contributed by atoms with E-state index in [9.17, 15) is 0 Å². The predicted molar refractivity (Wildman–Crippen MR) is 92.1 cm³/mol. The van der Waals surface area contributed by atoms with Crippen LogP contribution in [0.5, 0.6) is 0 Å². The van der Waals surface area contributed by atoms with Crippen molar-refractivity contribution in [1.82, 2.24) is 0 Å². The normalized spacial score (nSPS) is 10.2. The summed E-state index contributed by atoms with van der Waals surface area (Å²) in [5.41, 5.74) is 0. The standard InChI is InChI=1S/3C5H11.C2H4O2.Sn/c3*1-3-5-4-2;1-2(3)4;/h3*1,3-5H2,2H3;1H3,(H,3,4);. The van der Waals surface area contributed by atoms with Crippen molar-refractivity contribution in [2.45, 2.75) is 98.8 Å². The third-order valence-electron chi connectivity index (χ3n) is 3.40. The molecule has 3 heteroatoms. The molecule has 1 N–H and O–H groups in total. The van der Waals surface area contributed by atoms with E-state index < -0.39 is 25.7 Å². The Kier molecular flexibility index (Phi) is 21.7. The van der Waals surface area contributed by atoms with Gasteiger partial charge < -0.3 is 5.11 Å². The van der Waals surface area contributed by atoms with Crippen molar-refractivity contribution in [3.63, 3.8) is 0 Å². The maximum atomic E-state index is 9.00. The summed E-state index contributed by atoms with van der Waals surface area (Å²) in [6.45, 7) is 8.07. The Hall–Kier alpha value is 0.269. The first-order chi connectivity index (χ1) is 9.58. The van der Waals surface area contributed by atoms with Crippen LogP contribution in [-0.2, 0) is 4.79 Å². The number of carboxylic acid groups (broad SMARTS) is 1. The molecule has 0 aliphatic rings. The first-order valence-corrected chi connectivity index (χ1v) is 14.7. The molecule has 0 aromatic rings. The summed E-state index contributed by atoms with van der Waals surface area (Å²) in [6, 6.07) is 0. The number of aliphatic carboxylic acids is 1. The van der Waals surface area contributed by atoms with E-state index in [2.05, 4.69) is 20.8 Å². The van der Waals surface area contributed by atoms with Gasteiger partial charge in [-0.2, -0.15) is 0 Å². The van der Waals surface area contributed by atoms with E-state index in [1.165, 1.54) is 38.5 Å². The number of hydrogen-bond donors (Lipinski definition) is 1. The van der Waals surface area contributed by atoms with Crippen molar-refractivity contribution < 1.29 is 9.90 Å². The third kappa shape index (κ3) is 23.4. The zero-order valence-electron chi connectivity index (χ0n) is 14.3. The van der Waals surface area contributed by atoms with E-state index in [1.54, 1.807) is 32.6 Å². The van der Waals surface area contributed by atoms with Crippen LogP contribution in [0.25, 0.3) is 0 Å². The first kappa shape index (κ1) is 22.5. The molecule has 0 aromatic heterocycles. The molecule has 2 nitrogen and oxygen atoms in total. The van der Waals surface area contributed by atoms with Crippen LogP contribution in [-0.4, -0.2) is 30.8 Å². The Morgan fingerprint density at radius 2 is 1.00 bits per heavy atom. The van der Waals surface area contributed by atoms with Crippen LogP contribution in [0.3, 0.4) is 0 Å². The summed E-state index contributed by atoms with van der Waals surface area (Å²) in [7, 11) is 0. The van der Waals surface area contributed by atoms with Gasteiger partial charge in [-0.1, -0.05) is 0 Å². The van der Waals surface area contributed by atoms with Crippen molar-refractivity contribution >= 4 is 25.7 Å². The van der Waals surface area contributed by atoms with Crippen molar-refractivity contribution in [2.24, 2.45) is 0 Å². The van der Waals surface area contributed by atoms with Gasteiger partial charge in [-0.3, -0.25) is 4.79 Å². The van der Waals surface area contributed by atoms with Gasteiger partial charge in [0, 0.05) is 6.92 Å². The quantitative estimate of drug-likeness (QED) is 0.320. The van der Waals surface area contributed by atoms with Gasteiger partial charge >= 0.3 is 112 Å². The van der Waals surface area contributed by atoms with E-state index in [1.807, 2.05) is 0 Å². The summed E-state index contributed by atoms with van der Waals surface area (Å²) in [5.74, 6) is -0.833. The van der Waals surface area contributed by atoms with Crippen LogP contribution in [0, 0.1) is 0 Å². The van der Waals surface area contributed by atoms with Gasteiger partial charge in [0.1, 0.15) is 0 Å². The zero-order chi connectivity index (χ0) is 15.6. The summed E-state index contributed by atoms with van der Waals surface area (Å²) < 4.78 is 5.09. The average molecular weight is 392 g/mol. The summed E-state index contributed by atoms with van der Waals surface area (Å²) in [5, 5.41) is 7.42. The van der Waals surface area contributed by atoms with Gasteiger partial charge in [-0.25, -0.2) is 0 Å². The number of hydrogen-bond acceptors (Lipinski definition) is 1. The fourth-order valence-corrected chi connectivity index (χ4v) is 10.8. The van der Waals surface area contributed by atoms with Gasteiger partial charge in [0.2, 0.25) is 0 Å². The molecular formula is C17H37O2Sn. The van der Waals surface area contributed by atoms with Crippen LogP contribution in [0.1, 0.15) is 85.5 Å². The third-order valence-corrected chi connectivity index (χ3v) is 12.5. The monoisotopic (exact) mass is 393 g/mol. The molecule has 0 atom stereocenters. The topological polar surface area (TPSA) is 37.3 Å². The Bertz CT molecular complexity index is 168. The minimum atomic E-state index is -0.900. The van der Waals surface area contributed by atoms with Gasteiger partial charge in [-0.15, -0.1) is 0 Å². The Morgan fingerprint density at radius 1 is 0.750 bits per heavy atom. The second kappa shape index (κ2) is 19.3. The molecular weight excluding hydrogens is 355 g/mol. The molecule has 0 aromatic carbocycles. The number of rotatable bonds is 12. The molecule has 121 valence electrons. The first-order valence-electron chi connectivity index (χ1n) is 8.61. The van der Waals surface area contributed by atoms with Gasteiger partial charge in [0.15, 0.2) is 0 Å². The summed E-state index contributed by atoms with van der Waals surface area (Å²) >= 11 is -0.900. The molecule has 0 aliphatic heterocycles. The predicted octanol–water partition coefficient (Wildman–Crippen LogP) is 6.14. The van der Waals surface area contributed by atoms with Crippen LogP contribution >= 0.6 is 0 Å². The van der Waals surface area contributed by atoms with Crippen molar-refractivity contribution in [2.75, 3.05) is 0 Å². The average Bonchev–Trinajstić information content (AvgIpc) is 2.38. The fourth-order valence-electron chi connectivity index (χ4n) is 2.25. The summed E-state index contributed by atoms with van der Waals surface area (Å²) in [6.07, 6.45) is 13.4. The van der Waals surface area contributed by atoms with E-state index >= 15 is 0 Å². The maximum absolute atomic E-state index is 9.00. The summed E-state index contributed by atoms with van der Waals surface area (Å²) in [4.78, 5) is 9.00. The van der Waals surface area contributed by atoms with Crippen LogP contribution < -0.4 is 0 Å². The van der Waals surface area contributed by atoms with E-state index in [4.69, 9.17) is 9.90 Å². The van der Waals surface area contributed by atoms with Crippen LogP contribution in [0.15, 0.2) is 0 Å². The molecule has 0 amide bonds. The molecule has 0 rings (SSSR count). The molecule has 0 aliphatic carbocycles. The van der Waals surface area contributed by atoms with Crippen molar-refractivity contribution in [3.05, 3.63) is 0 Å². The fraction of sp³-hybridized carbons (Fsp3) is 0.941. The van der Waals surface area contributed by atoms with Crippen molar-refractivity contribution in [1.29, 1.82) is 0 Å². The van der Waals surface area contributed by atoms with Gasteiger partial charge in [-0.05, 0) is 0 Å². The Balaban J connectivity index is 0. The van der Waals surface area contributed by atoms with Crippen molar-refractivity contribution in [3.8, 4) is 0 Å². The number of carboxylic acids is 1. The molecule has 0 heterocycles. The van der Waals surface area contributed by atoms with E-state index in [0.717, 1.165) is 6.92 Å². The second-order valence-electron chi connectivity index (χ2n) is 5.64. The molecule has 0 saturated carbocycles. The minimum absolute atomic E-state index is 0.833. The molecule has 20 heavy (non-hydrogen) atoms. The molecule has 0 bridgehead atoms. The van der Waals surface area contributed by atoms with E-state index in [0.29, 0.717) is 0 Å². The zero-order valence-corrected chi connectivity index (χ0v) is 17.2. The second-order valence-corrected chi connectivity index (χ2v) is 14.2. The number of unbranched alkanes of at least 4 members (excludes halogenated alkanes) is 6. The molecule has 0 saturated heterocycles. The Labute approximate surface area is 134 Å². The number of carbonyl (C=O) groups is 1. The van der Waals surface area contributed by atoms with E-state index in [-0.39, 0.29) is 0 Å². The van der Waals surface area contributed by atoms with Crippen LogP contribution in [0.2, 0.25) is 13.3 Å². The molecule has 0 fully saturated rings. The SMILES string of the molecule is CC(=O)O.CCCC[CH2][Sn]([CH2]CCCC)[CH2]CCCC. The molecule has 0 spiro atoms. The molecule has 1 radical (unpaired) electrons.